The smallest absolute Gasteiger partial charge is 0.0930 e. The molecule has 2 heterocycles. The number of rotatable bonds is 5. The zero-order valence-corrected chi connectivity index (χ0v) is 12.2. The van der Waals surface area contributed by atoms with Gasteiger partial charge in [-0.2, -0.15) is 10.2 Å². The van der Waals surface area contributed by atoms with Crippen LogP contribution < -0.4 is 5.73 Å². The summed E-state index contributed by atoms with van der Waals surface area (Å²) in [6, 6.07) is 1.53. The van der Waals surface area contributed by atoms with E-state index in [1.165, 1.54) is 0 Å². The molecular formula is C12H19ClN6. The molecule has 6 nitrogen and oxygen atoms in total. The van der Waals surface area contributed by atoms with Crippen LogP contribution in [0.2, 0.25) is 5.02 Å². The maximum Gasteiger partial charge on any atom is 0.0930 e. The molecule has 0 saturated carbocycles. The molecule has 19 heavy (non-hydrogen) atoms. The van der Waals surface area contributed by atoms with Gasteiger partial charge < -0.3 is 10.6 Å². The first-order valence-corrected chi connectivity index (χ1v) is 6.48. The van der Waals surface area contributed by atoms with Crippen LogP contribution in [0.1, 0.15) is 17.4 Å². The third kappa shape index (κ3) is 3.15. The molecule has 1 unspecified atom stereocenters. The van der Waals surface area contributed by atoms with Gasteiger partial charge in [0.15, 0.2) is 0 Å². The summed E-state index contributed by atoms with van der Waals surface area (Å²) in [7, 11) is 5.90. The normalized spacial score (nSPS) is 13.2. The fourth-order valence-corrected chi connectivity index (χ4v) is 2.15. The summed E-state index contributed by atoms with van der Waals surface area (Å²) in [5, 5.41) is 9.19. The fourth-order valence-electron chi connectivity index (χ4n) is 1.89. The average molecular weight is 283 g/mol. The molecule has 7 heteroatoms. The highest BCUT2D eigenvalue weighted by molar-refractivity contribution is 6.31. The lowest BCUT2D eigenvalue weighted by Crippen LogP contribution is -2.23. The Morgan fingerprint density at radius 3 is 2.79 bits per heavy atom. The molecule has 0 fully saturated rings. The molecule has 0 aliphatic rings. The number of likely N-dealkylation sites (N-methyl/N-ethyl adjacent to an activating group) is 1. The van der Waals surface area contributed by atoms with Gasteiger partial charge in [-0.05, 0) is 20.2 Å². The van der Waals surface area contributed by atoms with Gasteiger partial charge in [-0.25, -0.2) is 0 Å². The third-order valence-corrected chi connectivity index (χ3v) is 3.23. The van der Waals surface area contributed by atoms with E-state index in [4.69, 9.17) is 17.3 Å². The van der Waals surface area contributed by atoms with Crippen LogP contribution in [0.4, 0.5) is 0 Å². The van der Waals surface area contributed by atoms with Crippen LogP contribution in [-0.2, 0) is 13.6 Å². The Bertz CT molecular complexity index is 544. The Morgan fingerprint density at radius 2 is 2.21 bits per heavy atom. The molecule has 2 aromatic heterocycles. The van der Waals surface area contributed by atoms with E-state index < -0.39 is 0 Å². The van der Waals surface area contributed by atoms with Gasteiger partial charge in [-0.15, -0.1) is 0 Å². The minimum Gasteiger partial charge on any atom is -0.318 e. The lowest BCUT2D eigenvalue weighted by Gasteiger charge is -2.15. The highest BCUT2D eigenvalue weighted by atomic mass is 35.5. The summed E-state index contributed by atoms with van der Waals surface area (Å²) in [5.41, 5.74) is 7.84. The number of nitrogens with zero attached hydrogens (tertiary/aromatic N) is 5. The maximum atomic E-state index is 6.25. The lowest BCUT2D eigenvalue weighted by atomic mass is 10.1. The van der Waals surface area contributed by atoms with E-state index in [0.717, 1.165) is 24.5 Å². The number of aromatic nitrogens is 4. The second kappa shape index (κ2) is 5.73. The molecule has 2 aromatic rings. The summed E-state index contributed by atoms with van der Waals surface area (Å²) in [6.07, 6.45) is 3.50. The second-order valence-electron chi connectivity index (χ2n) is 4.80. The van der Waals surface area contributed by atoms with Gasteiger partial charge in [0.1, 0.15) is 0 Å². The standard InChI is InChI=1S/C12H19ClN6/c1-17(2)6-7-19-12(9(13)8-15-19)11(14)10-4-5-18(3)16-10/h4-5,8,11H,6-7,14H2,1-3H3. The molecule has 0 spiro atoms. The SMILES string of the molecule is CN(C)CCn1ncc(Cl)c1C(N)c1ccn(C)n1. The summed E-state index contributed by atoms with van der Waals surface area (Å²) in [5.74, 6) is 0. The summed E-state index contributed by atoms with van der Waals surface area (Å²) in [4.78, 5) is 2.09. The molecule has 0 amide bonds. The van der Waals surface area contributed by atoms with Crippen molar-refractivity contribution in [3.63, 3.8) is 0 Å². The van der Waals surface area contributed by atoms with Gasteiger partial charge in [-0.3, -0.25) is 9.36 Å². The minimum atomic E-state index is -0.363. The van der Waals surface area contributed by atoms with Crippen molar-refractivity contribution in [1.82, 2.24) is 24.5 Å². The first-order valence-electron chi connectivity index (χ1n) is 6.10. The Morgan fingerprint density at radius 1 is 1.47 bits per heavy atom. The molecule has 0 saturated heterocycles. The van der Waals surface area contributed by atoms with Gasteiger partial charge in [0.25, 0.3) is 0 Å². The zero-order chi connectivity index (χ0) is 14.0. The zero-order valence-electron chi connectivity index (χ0n) is 11.4. The van der Waals surface area contributed by atoms with E-state index in [2.05, 4.69) is 15.1 Å². The van der Waals surface area contributed by atoms with Gasteiger partial charge in [0.05, 0.1) is 35.2 Å². The van der Waals surface area contributed by atoms with Crippen LogP contribution in [0.5, 0.6) is 0 Å². The monoisotopic (exact) mass is 282 g/mol. The molecule has 1 atom stereocenters. The largest absolute Gasteiger partial charge is 0.318 e. The van der Waals surface area contributed by atoms with Crippen LogP contribution in [0.3, 0.4) is 0 Å². The average Bonchev–Trinajstić information content (AvgIpc) is 2.92. The molecular weight excluding hydrogens is 264 g/mol. The van der Waals surface area contributed by atoms with Crippen LogP contribution in [-0.4, -0.2) is 45.1 Å². The molecule has 0 aliphatic carbocycles. The molecule has 104 valence electrons. The predicted octanol–water partition coefficient (Wildman–Crippen LogP) is 0.880. The quantitative estimate of drug-likeness (QED) is 0.884. The summed E-state index contributed by atoms with van der Waals surface area (Å²) < 4.78 is 3.57. The van der Waals surface area contributed by atoms with E-state index in [1.807, 2.05) is 38.1 Å². The van der Waals surface area contributed by atoms with Crippen LogP contribution in [0.25, 0.3) is 0 Å². The molecule has 0 aliphatic heterocycles. The van der Waals surface area contributed by atoms with Crippen LogP contribution >= 0.6 is 11.6 Å². The van der Waals surface area contributed by atoms with E-state index >= 15 is 0 Å². The van der Waals surface area contributed by atoms with Crippen molar-refractivity contribution >= 4 is 11.6 Å². The number of halogens is 1. The van der Waals surface area contributed by atoms with Crippen LogP contribution in [0.15, 0.2) is 18.5 Å². The number of hydrogen-bond acceptors (Lipinski definition) is 4. The van der Waals surface area contributed by atoms with Gasteiger partial charge >= 0.3 is 0 Å². The topological polar surface area (TPSA) is 64.9 Å². The van der Waals surface area contributed by atoms with Gasteiger partial charge in [0, 0.05) is 19.8 Å². The predicted molar refractivity (Wildman–Crippen MR) is 75.0 cm³/mol. The lowest BCUT2D eigenvalue weighted by molar-refractivity contribution is 0.368. The number of nitrogens with two attached hydrogens (primary N) is 1. The van der Waals surface area contributed by atoms with Crippen LogP contribution in [0, 0.1) is 0 Å². The molecule has 0 aromatic carbocycles. The molecule has 0 bridgehead atoms. The van der Waals surface area contributed by atoms with E-state index in [1.54, 1.807) is 10.9 Å². The molecule has 0 radical (unpaired) electrons. The Labute approximate surface area is 117 Å². The van der Waals surface area contributed by atoms with E-state index in [-0.39, 0.29) is 6.04 Å². The second-order valence-corrected chi connectivity index (χ2v) is 5.20. The van der Waals surface area contributed by atoms with Crippen molar-refractivity contribution in [2.75, 3.05) is 20.6 Å². The first kappa shape index (κ1) is 14.0. The minimum absolute atomic E-state index is 0.363. The Balaban J connectivity index is 2.25. The van der Waals surface area contributed by atoms with E-state index in [9.17, 15) is 0 Å². The highest BCUT2D eigenvalue weighted by Gasteiger charge is 2.20. The third-order valence-electron chi connectivity index (χ3n) is 2.94. The van der Waals surface area contributed by atoms with Crippen molar-refractivity contribution in [3.8, 4) is 0 Å². The van der Waals surface area contributed by atoms with Crippen molar-refractivity contribution in [3.05, 3.63) is 34.9 Å². The number of hydrogen-bond donors (Lipinski definition) is 1. The highest BCUT2D eigenvalue weighted by Crippen LogP contribution is 2.25. The maximum absolute atomic E-state index is 6.25. The fraction of sp³-hybridized carbons (Fsp3) is 0.500. The van der Waals surface area contributed by atoms with Crippen molar-refractivity contribution in [2.45, 2.75) is 12.6 Å². The van der Waals surface area contributed by atoms with Crippen molar-refractivity contribution < 1.29 is 0 Å². The summed E-state index contributed by atoms with van der Waals surface area (Å²) >= 11 is 6.20. The molecule has 2 N–H and O–H groups in total. The molecule has 2 rings (SSSR count). The van der Waals surface area contributed by atoms with Crippen molar-refractivity contribution in [2.24, 2.45) is 12.8 Å². The van der Waals surface area contributed by atoms with Gasteiger partial charge in [0.2, 0.25) is 0 Å². The Kier molecular flexibility index (Phi) is 4.24. The first-order chi connectivity index (χ1) is 8.99. The van der Waals surface area contributed by atoms with Crippen molar-refractivity contribution in [1.29, 1.82) is 0 Å². The van der Waals surface area contributed by atoms with Gasteiger partial charge in [-0.1, -0.05) is 11.6 Å². The number of aryl methyl sites for hydroxylation is 1. The summed E-state index contributed by atoms with van der Waals surface area (Å²) in [6.45, 7) is 1.62. The Hall–Kier alpha value is -1.37. The van der Waals surface area contributed by atoms with E-state index in [0.29, 0.717) is 5.02 Å².